The maximum Gasteiger partial charge on any atom is 0.251 e. The van der Waals surface area contributed by atoms with E-state index in [0.29, 0.717) is 18.0 Å². The molecular weight excluding hydrogens is 240 g/mol. The highest BCUT2D eigenvalue weighted by molar-refractivity contribution is 5.95. The number of nitrogens with zero attached hydrogens (tertiary/aromatic N) is 1. The van der Waals surface area contributed by atoms with E-state index in [9.17, 15) is 4.79 Å². The molecule has 1 aromatic heterocycles. The zero-order valence-electron chi connectivity index (χ0n) is 11.0. The van der Waals surface area contributed by atoms with Gasteiger partial charge in [0.2, 0.25) is 5.88 Å². The first-order valence-corrected chi connectivity index (χ1v) is 6.03. The van der Waals surface area contributed by atoms with Gasteiger partial charge in [0.25, 0.3) is 5.91 Å². The molecule has 0 unspecified atom stereocenters. The molecule has 0 saturated carbocycles. The lowest BCUT2D eigenvalue weighted by atomic mass is 10.1. The van der Waals surface area contributed by atoms with Crippen LogP contribution in [0.25, 0.3) is 0 Å². The molecule has 2 rings (SSSR count). The Morgan fingerprint density at radius 3 is 2.84 bits per heavy atom. The van der Waals surface area contributed by atoms with Gasteiger partial charge in [-0.15, -0.1) is 0 Å². The topological polar surface area (TPSA) is 51.2 Å². The smallest absolute Gasteiger partial charge is 0.251 e. The summed E-state index contributed by atoms with van der Waals surface area (Å²) >= 11 is 0. The van der Waals surface area contributed by atoms with Gasteiger partial charge in [0.15, 0.2) is 0 Å². The summed E-state index contributed by atoms with van der Waals surface area (Å²) in [6.07, 6.45) is 1.66. The number of methoxy groups -OCH3 is 1. The molecule has 0 bridgehead atoms. The van der Waals surface area contributed by atoms with Crippen molar-refractivity contribution >= 4 is 5.91 Å². The molecule has 0 saturated heterocycles. The predicted molar refractivity (Wildman–Crippen MR) is 73.1 cm³/mol. The van der Waals surface area contributed by atoms with E-state index in [-0.39, 0.29) is 5.91 Å². The highest BCUT2D eigenvalue weighted by atomic mass is 16.5. The number of carbonyl (C=O) groups excluding carboxylic acids is 1. The summed E-state index contributed by atoms with van der Waals surface area (Å²) in [4.78, 5) is 16.1. The number of carbonyl (C=O) groups is 1. The number of rotatable bonds is 4. The number of amides is 1. The lowest BCUT2D eigenvalue weighted by molar-refractivity contribution is 0.0950. The van der Waals surface area contributed by atoms with Crippen molar-refractivity contribution in [3.8, 4) is 5.88 Å². The summed E-state index contributed by atoms with van der Waals surface area (Å²) < 4.78 is 5.04. The van der Waals surface area contributed by atoms with Gasteiger partial charge in [0, 0.05) is 24.4 Å². The Morgan fingerprint density at radius 1 is 1.32 bits per heavy atom. The minimum Gasteiger partial charge on any atom is -0.481 e. The molecule has 19 heavy (non-hydrogen) atoms. The summed E-state index contributed by atoms with van der Waals surface area (Å²) in [5, 5.41) is 2.89. The second-order valence-electron chi connectivity index (χ2n) is 4.20. The van der Waals surface area contributed by atoms with Crippen molar-refractivity contribution in [1.82, 2.24) is 10.3 Å². The lowest BCUT2D eigenvalue weighted by Gasteiger charge is -2.08. The number of pyridine rings is 1. The van der Waals surface area contributed by atoms with Crippen molar-refractivity contribution < 1.29 is 9.53 Å². The number of benzene rings is 1. The van der Waals surface area contributed by atoms with Crippen LogP contribution in [0.4, 0.5) is 0 Å². The van der Waals surface area contributed by atoms with Crippen LogP contribution in [0.2, 0.25) is 0 Å². The SMILES string of the molecule is COc1cc(CNC(=O)c2ccccc2C)ccn1. The van der Waals surface area contributed by atoms with Gasteiger partial charge in [0.05, 0.1) is 7.11 Å². The van der Waals surface area contributed by atoms with E-state index >= 15 is 0 Å². The molecule has 0 aliphatic carbocycles. The molecule has 0 aliphatic heterocycles. The minimum atomic E-state index is -0.0751. The third-order valence-electron chi connectivity index (χ3n) is 2.85. The fraction of sp³-hybridized carbons (Fsp3) is 0.200. The molecule has 0 atom stereocenters. The fourth-order valence-electron chi connectivity index (χ4n) is 1.78. The first kappa shape index (κ1) is 13.1. The van der Waals surface area contributed by atoms with Gasteiger partial charge in [0.1, 0.15) is 0 Å². The van der Waals surface area contributed by atoms with Crippen LogP contribution in [0.1, 0.15) is 21.5 Å². The molecule has 4 heteroatoms. The molecular formula is C15H16N2O2. The standard InChI is InChI=1S/C15H16N2O2/c1-11-5-3-4-6-13(11)15(18)17-10-12-7-8-16-14(9-12)19-2/h3-9H,10H2,1-2H3,(H,17,18). The largest absolute Gasteiger partial charge is 0.481 e. The zero-order chi connectivity index (χ0) is 13.7. The monoisotopic (exact) mass is 256 g/mol. The minimum absolute atomic E-state index is 0.0751. The fourth-order valence-corrected chi connectivity index (χ4v) is 1.78. The number of hydrogen-bond donors (Lipinski definition) is 1. The molecule has 4 nitrogen and oxygen atoms in total. The van der Waals surface area contributed by atoms with Crippen molar-refractivity contribution in [2.75, 3.05) is 7.11 Å². The third-order valence-corrected chi connectivity index (χ3v) is 2.85. The maximum atomic E-state index is 12.0. The molecule has 0 spiro atoms. The molecule has 98 valence electrons. The average molecular weight is 256 g/mol. The van der Waals surface area contributed by atoms with E-state index in [4.69, 9.17) is 4.74 Å². The average Bonchev–Trinajstić information content (AvgIpc) is 2.45. The van der Waals surface area contributed by atoms with Crippen LogP contribution in [0.5, 0.6) is 5.88 Å². The quantitative estimate of drug-likeness (QED) is 0.913. The summed E-state index contributed by atoms with van der Waals surface area (Å²) in [7, 11) is 1.57. The summed E-state index contributed by atoms with van der Waals surface area (Å²) in [5.41, 5.74) is 2.62. The van der Waals surface area contributed by atoms with Gasteiger partial charge in [-0.25, -0.2) is 4.98 Å². The van der Waals surface area contributed by atoms with Crippen LogP contribution in [0.15, 0.2) is 42.6 Å². The van der Waals surface area contributed by atoms with Crippen molar-refractivity contribution in [3.63, 3.8) is 0 Å². The number of aromatic nitrogens is 1. The van der Waals surface area contributed by atoms with Crippen molar-refractivity contribution in [2.24, 2.45) is 0 Å². The van der Waals surface area contributed by atoms with Gasteiger partial charge < -0.3 is 10.1 Å². The van der Waals surface area contributed by atoms with Gasteiger partial charge in [-0.2, -0.15) is 0 Å². The Balaban J connectivity index is 2.02. The molecule has 0 radical (unpaired) electrons. The van der Waals surface area contributed by atoms with E-state index in [1.54, 1.807) is 19.4 Å². The lowest BCUT2D eigenvalue weighted by Crippen LogP contribution is -2.23. The highest BCUT2D eigenvalue weighted by Gasteiger charge is 2.07. The van der Waals surface area contributed by atoms with Crippen LogP contribution in [-0.4, -0.2) is 18.0 Å². The summed E-state index contributed by atoms with van der Waals surface area (Å²) in [6.45, 7) is 2.37. The molecule has 2 aromatic rings. The molecule has 1 amide bonds. The second kappa shape index (κ2) is 6.00. The maximum absolute atomic E-state index is 12.0. The van der Waals surface area contributed by atoms with Crippen molar-refractivity contribution in [2.45, 2.75) is 13.5 Å². The number of ether oxygens (including phenoxy) is 1. The van der Waals surface area contributed by atoms with Gasteiger partial charge in [-0.1, -0.05) is 18.2 Å². The Hall–Kier alpha value is -2.36. The first-order valence-electron chi connectivity index (χ1n) is 6.03. The molecule has 0 fully saturated rings. The Bertz CT molecular complexity index is 582. The van der Waals surface area contributed by atoms with Gasteiger partial charge in [-0.05, 0) is 30.2 Å². The third kappa shape index (κ3) is 3.31. The normalized spacial score (nSPS) is 10.0. The van der Waals surface area contributed by atoms with Crippen molar-refractivity contribution in [1.29, 1.82) is 0 Å². The van der Waals surface area contributed by atoms with E-state index in [1.165, 1.54) is 0 Å². The van der Waals surface area contributed by atoms with Crippen LogP contribution in [-0.2, 0) is 6.54 Å². The van der Waals surface area contributed by atoms with Gasteiger partial charge >= 0.3 is 0 Å². The van der Waals surface area contributed by atoms with E-state index in [1.807, 2.05) is 37.3 Å². The Kier molecular flexibility index (Phi) is 4.13. The second-order valence-corrected chi connectivity index (χ2v) is 4.20. The summed E-state index contributed by atoms with van der Waals surface area (Å²) in [6, 6.07) is 11.2. The van der Waals surface area contributed by atoms with Crippen LogP contribution in [0, 0.1) is 6.92 Å². The van der Waals surface area contributed by atoms with E-state index < -0.39 is 0 Å². The highest BCUT2D eigenvalue weighted by Crippen LogP contribution is 2.10. The van der Waals surface area contributed by atoms with Gasteiger partial charge in [-0.3, -0.25) is 4.79 Å². The molecule has 1 aromatic carbocycles. The number of hydrogen-bond acceptors (Lipinski definition) is 3. The Morgan fingerprint density at radius 2 is 2.11 bits per heavy atom. The summed E-state index contributed by atoms with van der Waals surface area (Å²) in [5.74, 6) is 0.469. The van der Waals surface area contributed by atoms with E-state index in [2.05, 4.69) is 10.3 Å². The van der Waals surface area contributed by atoms with Crippen LogP contribution in [0.3, 0.4) is 0 Å². The number of nitrogens with one attached hydrogen (secondary N) is 1. The van der Waals surface area contributed by atoms with Crippen LogP contribution >= 0.6 is 0 Å². The first-order chi connectivity index (χ1) is 9.20. The number of aryl methyl sites for hydroxylation is 1. The molecule has 1 heterocycles. The Labute approximate surface area is 112 Å². The molecule has 0 aliphatic rings. The van der Waals surface area contributed by atoms with Crippen molar-refractivity contribution in [3.05, 3.63) is 59.3 Å². The molecule has 1 N–H and O–H groups in total. The van der Waals surface area contributed by atoms with E-state index in [0.717, 1.165) is 11.1 Å². The predicted octanol–water partition coefficient (Wildman–Crippen LogP) is 2.33. The van der Waals surface area contributed by atoms with Crippen LogP contribution < -0.4 is 10.1 Å². The zero-order valence-corrected chi connectivity index (χ0v) is 11.0.